The highest BCUT2D eigenvalue weighted by Crippen LogP contribution is 2.17. The van der Waals surface area contributed by atoms with Crippen LogP contribution in [0.1, 0.15) is 18.1 Å². The molecule has 3 heteroatoms. The highest BCUT2D eigenvalue weighted by Gasteiger charge is 2.01. The molecule has 14 heavy (non-hydrogen) atoms. The van der Waals surface area contributed by atoms with Crippen LogP contribution >= 0.6 is 0 Å². The van der Waals surface area contributed by atoms with Gasteiger partial charge in [-0.3, -0.25) is 4.79 Å². The number of benzene rings is 1. The zero-order valence-electron chi connectivity index (χ0n) is 8.76. The maximum absolute atomic E-state index is 10.9. The van der Waals surface area contributed by atoms with E-state index in [0.29, 0.717) is 6.61 Å². The van der Waals surface area contributed by atoms with Gasteiger partial charge < -0.3 is 10.1 Å². The van der Waals surface area contributed by atoms with Crippen molar-refractivity contribution >= 4 is 11.6 Å². The molecule has 3 nitrogen and oxygen atoms in total. The Morgan fingerprint density at radius 1 is 1.50 bits per heavy atom. The molecule has 76 valence electrons. The van der Waals surface area contributed by atoms with Crippen LogP contribution in [0.3, 0.4) is 0 Å². The predicted octanol–water partition coefficient (Wildman–Crippen LogP) is 2.10. The van der Waals surface area contributed by atoms with Gasteiger partial charge >= 0.3 is 0 Å². The predicted molar refractivity (Wildman–Crippen MR) is 56.2 cm³/mol. The Kier molecular flexibility index (Phi) is 3.65. The van der Waals surface area contributed by atoms with E-state index in [1.807, 2.05) is 25.1 Å². The molecule has 1 amide bonds. The number of carbonyl (C=O) groups excluding carboxylic acids is 1. The standard InChI is InChI=1S/C11H15NO2/c1-8-4-5-10(7-14-3)6-11(8)12-9(2)13/h4-6H,7H2,1-3H3,(H,12,13). The topological polar surface area (TPSA) is 38.3 Å². The van der Waals surface area contributed by atoms with E-state index in [1.54, 1.807) is 7.11 Å². The Balaban J connectivity index is 2.90. The van der Waals surface area contributed by atoms with E-state index in [1.165, 1.54) is 6.92 Å². The van der Waals surface area contributed by atoms with Crippen LogP contribution < -0.4 is 5.32 Å². The molecule has 0 atom stereocenters. The van der Waals surface area contributed by atoms with Gasteiger partial charge in [0.05, 0.1) is 6.61 Å². The molecule has 0 aromatic heterocycles. The molecule has 0 aliphatic carbocycles. The van der Waals surface area contributed by atoms with Crippen molar-refractivity contribution in [2.45, 2.75) is 20.5 Å². The first-order chi connectivity index (χ1) is 6.63. The quantitative estimate of drug-likeness (QED) is 0.798. The molecule has 0 saturated heterocycles. The number of methoxy groups -OCH3 is 1. The van der Waals surface area contributed by atoms with E-state index in [2.05, 4.69) is 5.32 Å². The molecule has 1 rings (SSSR count). The number of nitrogens with one attached hydrogen (secondary N) is 1. The maximum Gasteiger partial charge on any atom is 0.221 e. The lowest BCUT2D eigenvalue weighted by molar-refractivity contribution is -0.114. The van der Waals surface area contributed by atoms with Crippen LogP contribution in [-0.2, 0) is 16.1 Å². The fraction of sp³-hybridized carbons (Fsp3) is 0.364. The number of anilines is 1. The summed E-state index contributed by atoms with van der Waals surface area (Å²) in [7, 11) is 1.65. The molecule has 1 N–H and O–H groups in total. The molecular formula is C11H15NO2. The molecule has 0 unspecified atom stereocenters. The number of amides is 1. The average Bonchev–Trinajstić information content (AvgIpc) is 2.10. The molecule has 0 bridgehead atoms. The SMILES string of the molecule is COCc1ccc(C)c(NC(C)=O)c1. The minimum atomic E-state index is -0.0531. The second-order valence-corrected chi connectivity index (χ2v) is 3.26. The van der Waals surface area contributed by atoms with Crippen molar-refractivity contribution in [2.75, 3.05) is 12.4 Å². The van der Waals surface area contributed by atoms with Crippen LogP contribution in [0.5, 0.6) is 0 Å². The Bertz CT molecular complexity index is 334. The Morgan fingerprint density at radius 3 is 2.79 bits per heavy atom. The van der Waals surface area contributed by atoms with E-state index >= 15 is 0 Å². The summed E-state index contributed by atoms with van der Waals surface area (Å²) in [5.74, 6) is -0.0531. The molecule has 0 spiro atoms. The Labute approximate surface area is 84.1 Å². The van der Waals surface area contributed by atoms with Gasteiger partial charge in [-0.25, -0.2) is 0 Å². The summed E-state index contributed by atoms with van der Waals surface area (Å²) in [4.78, 5) is 10.9. The fourth-order valence-corrected chi connectivity index (χ4v) is 1.25. The van der Waals surface area contributed by atoms with Crippen LogP contribution in [0.4, 0.5) is 5.69 Å². The van der Waals surface area contributed by atoms with Gasteiger partial charge in [0.1, 0.15) is 0 Å². The minimum absolute atomic E-state index is 0.0531. The lowest BCUT2D eigenvalue weighted by Crippen LogP contribution is -2.07. The number of hydrogen-bond acceptors (Lipinski definition) is 2. The zero-order valence-corrected chi connectivity index (χ0v) is 8.76. The molecule has 1 aromatic rings. The number of ether oxygens (including phenoxy) is 1. The monoisotopic (exact) mass is 193 g/mol. The number of aryl methyl sites for hydroxylation is 1. The summed E-state index contributed by atoms with van der Waals surface area (Å²) in [5.41, 5.74) is 2.97. The maximum atomic E-state index is 10.9. The van der Waals surface area contributed by atoms with Crippen molar-refractivity contribution in [2.24, 2.45) is 0 Å². The van der Waals surface area contributed by atoms with Gasteiger partial charge in [-0.2, -0.15) is 0 Å². The van der Waals surface area contributed by atoms with Crippen molar-refractivity contribution in [1.29, 1.82) is 0 Å². The summed E-state index contributed by atoms with van der Waals surface area (Å²) in [5, 5.41) is 2.78. The normalized spacial score (nSPS) is 9.93. The first-order valence-electron chi connectivity index (χ1n) is 4.49. The van der Waals surface area contributed by atoms with Crippen molar-refractivity contribution in [1.82, 2.24) is 0 Å². The van der Waals surface area contributed by atoms with Gasteiger partial charge in [0, 0.05) is 19.7 Å². The van der Waals surface area contributed by atoms with Crippen molar-refractivity contribution in [3.05, 3.63) is 29.3 Å². The first-order valence-corrected chi connectivity index (χ1v) is 4.49. The van der Waals surface area contributed by atoms with E-state index in [0.717, 1.165) is 16.8 Å². The number of carbonyl (C=O) groups is 1. The molecule has 1 aromatic carbocycles. The second-order valence-electron chi connectivity index (χ2n) is 3.26. The second kappa shape index (κ2) is 4.77. The summed E-state index contributed by atoms with van der Waals surface area (Å²) in [6, 6.07) is 5.89. The van der Waals surface area contributed by atoms with Gasteiger partial charge in [0.2, 0.25) is 5.91 Å². The highest BCUT2D eigenvalue weighted by atomic mass is 16.5. The summed E-state index contributed by atoms with van der Waals surface area (Å²) in [6.45, 7) is 4.02. The minimum Gasteiger partial charge on any atom is -0.380 e. The third-order valence-electron chi connectivity index (χ3n) is 1.92. The summed E-state index contributed by atoms with van der Waals surface area (Å²) >= 11 is 0. The van der Waals surface area contributed by atoms with Crippen molar-refractivity contribution in [3.63, 3.8) is 0 Å². The van der Waals surface area contributed by atoms with E-state index in [-0.39, 0.29) is 5.91 Å². The van der Waals surface area contributed by atoms with Gasteiger partial charge in [-0.15, -0.1) is 0 Å². The van der Waals surface area contributed by atoms with Crippen LogP contribution in [0, 0.1) is 6.92 Å². The summed E-state index contributed by atoms with van der Waals surface area (Å²) < 4.78 is 5.02. The van der Waals surface area contributed by atoms with E-state index in [9.17, 15) is 4.79 Å². The van der Waals surface area contributed by atoms with E-state index in [4.69, 9.17) is 4.74 Å². The molecule has 0 radical (unpaired) electrons. The van der Waals surface area contributed by atoms with Gasteiger partial charge in [-0.05, 0) is 24.1 Å². The smallest absolute Gasteiger partial charge is 0.221 e. The van der Waals surface area contributed by atoms with Crippen LogP contribution in [0.15, 0.2) is 18.2 Å². The lowest BCUT2D eigenvalue weighted by atomic mass is 10.1. The van der Waals surface area contributed by atoms with Crippen LogP contribution in [-0.4, -0.2) is 13.0 Å². The van der Waals surface area contributed by atoms with Crippen molar-refractivity contribution in [3.8, 4) is 0 Å². The van der Waals surface area contributed by atoms with Crippen LogP contribution in [0.2, 0.25) is 0 Å². The highest BCUT2D eigenvalue weighted by molar-refractivity contribution is 5.89. The van der Waals surface area contributed by atoms with Crippen molar-refractivity contribution < 1.29 is 9.53 Å². The van der Waals surface area contributed by atoms with Gasteiger partial charge in [-0.1, -0.05) is 12.1 Å². The fourth-order valence-electron chi connectivity index (χ4n) is 1.25. The largest absolute Gasteiger partial charge is 0.380 e. The molecule has 0 aliphatic rings. The first kappa shape index (κ1) is 10.7. The third-order valence-corrected chi connectivity index (χ3v) is 1.92. The zero-order chi connectivity index (χ0) is 10.6. The molecular weight excluding hydrogens is 178 g/mol. The average molecular weight is 193 g/mol. The lowest BCUT2D eigenvalue weighted by Gasteiger charge is -2.08. The Hall–Kier alpha value is -1.35. The third kappa shape index (κ3) is 2.85. The van der Waals surface area contributed by atoms with Gasteiger partial charge in [0.25, 0.3) is 0 Å². The molecule has 0 saturated carbocycles. The Morgan fingerprint density at radius 2 is 2.21 bits per heavy atom. The van der Waals surface area contributed by atoms with Crippen LogP contribution in [0.25, 0.3) is 0 Å². The number of rotatable bonds is 3. The molecule has 0 aliphatic heterocycles. The number of hydrogen-bond donors (Lipinski definition) is 1. The molecule has 0 fully saturated rings. The van der Waals surface area contributed by atoms with Gasteiger partial charge in [0.15, 0.2) is 0 Å². The van der Waals surface area contributed by atoms with E-state index < -0.39 is 0 Å². The summed E-state index contributed by atoms with van der Waals surface area (Å²) in [6.07, 6.45) is 0. The molecule has 0 heterocycles.